The molecule has 0 fully saturated rings. The van der Waals surface area contributed by atoms with Crippen molar-refractivity contribution in [3.05, 3.63) is 23.2 Å². The molecule has 120 valence electrons. The fraction of sp³-hybridized carbons (Fsp3) is 0.500. The van der Waals surface area contributed by atoms with Gasteiger partial charge in [-0.2, -0.15) is 17.5 Å². The van der Waals surface area contributed by atoms with E-state index in [2.05, 4.69) is 0 Å². The number of nitrogens with two attached hydrogens (primary N) is 1. The fourth-order valence-electron chi connectivity index (χ4n) is 1.68. The number of unbranched alkanes of at least 4 members (excludes halogenated alkanes) is 1. The van der Waals surface area contributed by atoms with Crippen LogP contribution in [0.25, 0.3) is 0 Å². The third kappa shape index (κ3) is 5.05. The molecule has 1 aromatic carbocycles. The molecular formula is C12H16ClF3N2O2S. The van der Waals surface area contributed by atoms with Gasteiger partial charge in [0.05, 0.1) is 5.02 Å². The fourth-order valence-corrected chi connectivity index (χ4v) is 3.65. The van der Waals surface area contributed by atoms with E-state index in [0.29, 0.717) is 17.1 Å². The first-order valence-electron chi connectivity index (χ1n) is 6.20. The lowest BCUT2D eigenvalue weighted by atomic mass is 10.3. The van der Waals surface area contributed by atoms with Gasteiger partial charge in [0, 0.05) is 12.2 Å². The lowest BCUT2D eigenvalue weighted by Gasteiger charge is -2.23. The van der Waals surface area contributed by atoms with Crippen LogP contribution in [0.4, 0.5) is 18.9 Å². The predicted molar refractivity (Wildman–Crippen MR) is 75.6 cm³/mol. The molecule has 2 N–H and O–H groups in total. The lowest BCUT2D eigenvalue weighted by molar-refractivity contribution is -0.136. The van der Waals surface area contributed by atoms with Gasteiger partial charge >= 0.3 is 6.18 Å². The Labute approximate surface area is 126 Å². The summed E-state index contributed by atoms with van der Waals surface area (Å²) in [7, 11) is -4.36. The summed E-state index contributed by atoms with van der Waals surface area (Å²) in [5.41, 5.74) is 5.60. The van der Waals surface area contributed by atoms with Gasteiger partial charge in [-0.05, 0) is 24.6 Å². The number of halogens is 4. The molecule has 0 saturated heterocycles. The summed E-state index contributed by atoms with van der Waals surface area (Å²) in [4.78, 5) is -0.412. The summed E-state index contributed by atoms with van der Waals surface area (Å²) in [6.07, 6.45) is -3.75. The molecule has 1 aromatic rings. The summed E-state index contributed by atoms with van der Waals surface area (Å²) in [5, 5.41) is -0.159. The van der Waals surface area contributed by atoms with Crippen molar-refractivity contribution in [1.29, 1.82) is 0 Å². The molecule has 0 aliphatic carbocycles. The Morgan fingerprint density at radius 1 is 1.33 bits per heavy atom. The van der Waals surface area contributed by atoms with Gasteiger partial charge in [0.2, 0.25) is 10.0 Å². The van der Waals surface area contributed by atoms with Crippen LogP contribution in [0.5, 0.6) is 0 Å². The van der Waals surface area contributed by atoms with Crippen LogP contribution >= 0.6 is 11.6 Å². The summed E-state index contributed by atoms with van der Waals surface area (Å²) < 4.78 is 62.9. The SMILES string of the molecule is CCCCN(CC(F)(F)F)S(=O)(=O)c1cc(N)ccc1Cl. The third-order valence-electron chi connectivity index (χ3n) is 2.69. The Morgan fingerprint density at radius 3 is 2.48 bits per heavy atom. The van der Waals surface area contributed by atoms with E-state index >= 15 is 0 Å². The quantitative estimate of drug-likeness (QED) is 0.805. The van der Waals surface area contributed by atoms with Gasteiger partial charge in [-0.25, -0.2) is 8.42 Å². The lowest BCUT2D eigenvalue weighted by Crippen LogP contribution is -2.39. The van der Waals surface area contributed by atoms with Gasteiger partial charge in [-0.1, -0.05) is 24.9 Å². The van der Waals surface area contributed by atoms with Crippen LogP contribution in [0, 0.1) is 0 Å². The van der Waals surface area contributed by atoms with E-state index in [9.17, 15) is 21.6 Å². The minimum Gasteiger partial charge on any atom is -0.399 e. The normalized spacial score (nSPS) is 12.9. The molecule has 0 amide bonds. The third-order valence-corrected chi connectivity index (χ3v) is 5.02. The average molecular weight is 345 g/mol. The number of hydrogen-bond donors (Lipinski definition) is 1. The van der Waals surface area contributed by atoms with Crippen LogP contribution in [-0.4, -0.2) is 32.0 Å². The van der Waals surface area contributed by atoms with Gasteiger partial charge in [-0.15, -0.1) is 0 Å². The number of alkyl halides is 3. The van der Waals surface area contributed by atoms with Crippen molar-refractivity contribution < 1.29 is 21.6 Å². The van der Waals surface area contributed by atoms with Gasteiger partial charge in [0.25, 0.3) is 0 Å². The summed E-state index contributed by atoms with van der Waals surface area (Å²) >= 11 is 5.79. The van der Waals surface area contributed by atoms with Crippen LogP contribution in [0.3, 0.4) is 0 Å². The maximum absolute atomic E-state index is 12.6. The number of sulfonamides is 1. The minimum absolute atomic E-state index is 0.112. The molecule has 0 atom stereocenters. The average Bonchev–Trinajstić information content (AvgIpc) is 2.35. The zero-order valence-corrected chi connectivity index (χ0v) is 12.9. The Balaban J connectivity index is 3.22. The van der Waals surface area contributed by atoms with Crippen LogP contribution in [-0.2, 0) is 10.0 Å². The topological polar surface area (TPSA) is 63.4 Å². The van der Waals surface area contributed by atoms with Crippen molar-refractivity contribution in [2.45, 2.75) is 30.8 Å². The number of benzene rings is 1. The second kappa shape index (κ2) is 6.85. The largest absolute Gasteiger partial charge is 0.402 e. The number of nitrogen functional groups attached to an aromatic ring is 1. The van der Waals surface area contributed by atoms with Gasteiger partial charge in [0.15, 0.2) is 0 Å². The number of nitrogens with zero attached hydrogens (tertiary/aromatic N) is 1. The molecule has 0 unspecified atom stereocenters. The first-order valence-corrected chi connectivity index (χ1v) is 8.01. The number of rotatable bonds is 6. The van der Waals surface area contributed by atoms with E-state index in [1.54, 1.807) is 6.92 Å². The maximum Gasteiger partial charge on any atom is 0.402 e. The molecule has 4 nitrogen and oxygen atoms in total. The molecule has 0 spiro atoms. The highest BCUT2D eigenvalue weighted by Crippen LogP contribution is 2.29. The Morgan fingerprint density at radius 2 is 1.95 bits per heavy atom. The maximum atomic E-state index is 12.6. The summed E-state index contributed by atoms with van der Waals surface area (Å²) in [5.74, 6) is 0. The highest BCUT2D eigenvalue weighted by atomic mass is 35.5. The Bertz CT molecular complexity index is 591. The monoisotopic (exact) mass is 344 g/mol. The first-order chi connectivity index (χ1) is 9.58. The highest BCUT2D eigenvalue weighted by Gasteiger charge is 2.37. The van der Waals surface area contributed by atoms with E-state index in [4.69, 9.17) is 17.3 Å². The standard InChI is InChI=1S/C12H16ClF3N2O2S/c1-2-3-6-18(8-12(14,15)16)21(19,20)11-7-9(17)4-5-10(11)13/h4-5,7H,2-3,6,8,17H2,1H3. The molecule has 9 heteroatoms. The number of anilines is 1. The van der Waals surface area contributed by atoms with E-state index in [1.807, 2.05) is 0 Å². The molecule has 0 radical (unpaired) electrons. The van der Waals surface area contributed by atoms with Gasteiger partial charge in [0.1, 0.15) is 11.4 Å². The van der Waals surface area contributed by atoms with Crippen molar-refractivity contribution in [3.8, 4) is 0 Å². The molecule has 0 aromatic heterocycles. The molecule has 0 heterocycles. The van der Waals surface area contributed by atoms with E-state index < -0.39 is 27.6 Å². The second-order valence-corrected chi connectivity index (χ2v) is 6.81. The first kappa shape index (κ1) is 18.1. The molecule has 1 rings (SSSR count). The summed E-state index contributed by atoms with van der Waals surface area (Å²) in [6, 6.07) is 3.68. The van der Waals surface area contributed by atoms with E-state index in [1.165, 1.54) is 12.1 Å². The number of hydrogen-bond acceptors (Lipinski definition) is 3. The van der Waals surface area contributed by atoms with Crippen LogP contribution in [0.2, 0.25) is 5.02 Å². The van der Waals surface area contributed by atoms with Crippen molar-refractivity contribution >= 4 is 27.3 Å². The van der Waals surface area contributed by atoms with Gasteiger partial charge in [-0.3, -0.25) is 0 Å². The van der Waals surface area contributed by atoms with E-state index in [0.717, 1.165) is 6.07 Å². The van der Waals surface area contributed by atoms with Crippen LogP contribution in [0.15, 0.2) is 23.1 Å². The highest BCUT2D eigenvalue weighted by molar-refractivity contribution is 7.89. The molecule has 0 aliphatic heterocycles. The van der Waals surface area contributed by atoms with Crippen molar-refractivity contribution in [2.75, 3.05) is 18.8 Å². The second-order valence-electron chi connectivity index (χ2n) is 4.50. The Kier molecular flexibility index (Phi) is 5.89. The predicted octanol–water partition coefficient (Wildman–Crippen LogP) is 3.28. The van der Waals surface area contributed by atoms with Crippen LogP contribution < -0.4 is 5.73 Å². The minimum atomic E-state index is -4.63. The Hall–Kier alpha value is -0.990. The van der Waals surface area contributed by atoms with E-state index in [-0.39, 0.29) is 17.3 Å². The molecule has 21 heavy (non-hydrogen) atoms. The smallest absolute Gasteiger partial charge is 0.399 e. The van der Waals surface area contributed by atoms with Crippen LogP contribution in [0.1, 0.15) is 19.8 Å². The van der Waals surface area contributed by atoms with Crippen molar-refractivity contribution in [1.82, 2.24) is 4.31 Å². The molecule has 0 aliphatic rings. The van der Waals surface area contributed by atoms with Gasteiger partial charge < -0.3 is 5.73 Å². The molecular weight excluding hydrogens is 329 g/mol. The zero-order valence-electron chi connectivity index (χ0n) is 11.3. The van der Waals surface area contributed by atoms with Crippen molar-refractivity contribution in [3.63, 3.8) is 0 Å². The summed E-state index contributed by atoms with van der Waals surface area (Å²) in [6.45, 7) is -0.0319. The zero-order chi connectivity index (χ0) is 16.3. The molecule has 0 saturated carbocycles. The van der Waals surface area contributed by atoms with Crippen molar-refractivity contribution in [2.24, 2.45) is 0 Å². The molecule has 0 bridgehead atoms.